The lowest BCUT2D eigenvalue weighted by Crippen LogP contribution is -2.27. The second kappa shape index (κ2) is 8.05. The van der Waals surface area contributed by atoms with E-state index in [1.807, 2.05) is 30.3 Å². The van der Waals surface area contributed by atoms with Crippen molar-refractivity contribution in [1.29, 1.82) is 0 Å². The standard InChI is InChI=1S/C16H17F2N3O2S/c1-10-12(14(23)20-16(19-10)24-15(17)18)8-9-13(22)21(2)11-6-4-3-5-7-11/h3-7,15H,8-9H2,1-2H3,(H,19,20,23). The molecule has 0 radical (unpaired) electrons. The van der Waals surface area contributed by atoms with E-state index in [1.165, 1.54) is 4.90 Å². The largest absolute Gasteiger partial charge is 0.315 e. The van der Waals surface area contributed by atoms with E-state index in [2.05, 4.69) is 9.97 Å². The third-order valence-electron chi connectivity index (χ3n) is 3.51. The van der Waals surface area contributed by atoms with Gasteiger partial charge in [-0.1, -0.05) is 18.2 Å². The van der Waals surface area contributed by atoms with Crippen molar-refractivity contribution in [2.75, 3.05) is 11.9 Å². The minimum Gasteiger partial charge on any atom is -0.315 e. The molecule has 0 bridgehead atoms. The van der Waals surface area contributed by atoms with Gasteiger partial charge in [0.2, 0.25) is 5.91 Å². The zero-order chi connectivity index (χ0) is 17.7. The molecule has 0 spiro atoms. The van der Waals surface area contributed by atoms with E-state index in [9.17, 15) is 18.4 Å². The number of hydrogen-bond acceptors (Lipinski definition) is 4. The second-order valence-electron chi connectivity index (χ2n) is 5.10. The van der Waals surface area contributed by atoms with Crippen molar-refractivity contribution < 1.29 is 13.6 Å². The van der Waals surface area contributed by atoms with Crippen LogP contribution in [-0.4, -0.2) is 28.7 Å². The molecule has 1 aromatic heterocycles. The fourth-order valence-corrected chi connectivity index (χ4v) is 2.72. The van der Waals surface area contributed by atoms with Crippen LogP contribution >= 0.6 is 11.8 Å². The van der Waals surface area contributed by atoms with Crippen molar-refractivity contribution in [3.8, 4) is 0 Å². The third-order valence-corrected chi connectivity index (χ3v) is 4.10. The maximum absolute atomic E-state index is 12.3. The van der Waals surface area contributed by atoms with E-state index in [1.54, 1.807) is 14.0 Å². The first kappa shape index (κ1) is 18.1. The molecule has 2 aromatic rings. The average molecular weight is 353 g/mol. The summed E-state index contributed by atoms with van der Waals surface area (Å²) in [6.07, 6.45) is 0.322. The first-order valence-electron chi connectivity index (χ1n) is 7.24. The van der Waals surface area contributed by atoms with Crippen LogP contribution in [0.5, 0.6) is 0 Å². The van der Waals surface area contributed by atoms with Crippen LogP contribution in [0.2, 0.25) is 0 Å². The molecule has 2 rings (SSSR count). The van der Waals surface area contributed by atoms with Gasteiger partial charge in [-0.2, -0.15) is 8.78 Å². The molecule has 1 amide bonds. The molecular weight excluding hydrogens is 336 g/mol. The van der Waals surface area contributed by atoms with Gasteiger partial charge in [-0.15, -0.1) is 0 Å². The van der Waals surface area contributed by atoms with Gasteiger partial charge in [0.25, 0.3) is 11.3 Å². The van der Waals surface area contributed by atoms with Crippen LogP contribution in [0.4, 0.5) is 14.5 Å². The maximum atomic E-state index is 12.3. The molecule has 0 unspecified atom stereocenters. The lowest BCUT2D eigenvalue weighted by molar-refractivity contribution is -0.118. The normalized spacial score (nSPS) is 10.9. The molecular formula is C16H17F2N3O2S. The number of aromatic nitrogens is 2. The van der Waals surface area contributed by atoms with Crippen molar-refractivity contribution in [2.24, 2.45) is 0 Å². The number of alkyl halides is 2. The molecule has 5 nitrogen and oxygen atoms in total. The maximum Gasteiger partial charge on any atom is 0.291 e. The number of carbonyl (C=O) groups excluding carboxylic acids is 1. The highest BCUT2D eigenvalue weighted by Gasteiger charge is 2.15. The van der Waals surface area contributed by atoms with Crippen molar-refractivity contribution in [1.82, 2.24) is 9.97 Å². The summed E-state index contributed by atoms with van der Waals surface area (Å²) >= 11 is 0.187. The number of nitrogens with zero attached hydrogens (tertiary/aromatic N) is 2. The molecule has 0 saturated carbocycles. The van der Waals surface area contributed by atoms with Crippen LogP contribution in [0.1, 0.15) is 17.7 Å². The molecule has 1 aromatic carbocycles. The molecule has 8 heteroatoms. The number of aryl methyl sites for hydroxylation is 1. The number of hydrogen-bond donors (Lipinski definition) is 1. The highest BCUT2D eigenvalue weighted by molar-refractivity contribution is 7.99. The summed E-state index contributed by atoms with van der Waals surface area (Å²) in [5.74, 6) is -2.80. The number of amides is 1. The molecule has 0 aliphatic heterocycles. The van der Waals surface area contributed by atoms with E-state index in [0.29, 0.717) is 11.3 Å². The van der Waals surface area contributed by atoms with Crippen LogP contribution < -0.4 is 10.5 Å². The van der Waals surface area contributed by atoms with Gasteiger partial charge in [0, 0.05) is 30.4 Å². The van der Waals surface area contributed by atoms with Crippen molar-refractivity contribution >= 4 is 23.4 Å². The first-order valence-corrected chi connectivity index (χ1v) is 8.12. The number of benzene rings is 1. The number of thioether (sulfide) groups is 1. The van der Waals surface area contributed by atoms with E-state index >= 15 is 0 Å². The Kier molecular flexibility index (Phi) is 6.08. The molecule has 0 saturated heterocycles. The van der Waals surface area contributed by atoms with Crippen LogP contribution in [0.15, 0.2) is 40.3 Å². The Hall–Kier alpha value is -2.22. The van der Waals surface area contributed by atoms with Crippen molar-refractivity contribution in [3.63, 3.8) is 0 Å². The number of aromatic amines is 1. The molecule has 0 aliphatic rings. The second-order valence-corrected chi connectivity index (χ2v) is 6.08. The summed E-state index contributed by atoms with van der Waals surface area (Å²) in [5, 5.41) is -0.121. The van der Waals surface area contributed by atoms with Gasteiger partial charge in [0.1, 0.15) is 0 Å². The Bertz CT molecular complexity index is 766. The lowest BCUT2D eigenvalue weighted by Gasteiger charge is -2.17. The summed E-state index contributed by atoms with van der Waals surface area (Å²) < 4.78 is 24.7. The van der Waals surface area contributed by atoms with E-state index < -0.39 is 11.3 Å². The molecule has 0 fully saturated rings. The van der Waals surface area contributed by atoms with Gasteiger partial charge in [-0.05, 0) is 37.2 Å². The van der Waals surface area contributed by atoms with E-state index in [0.717, 1.165) is 5.69 Å². The minimum absolute atomic E-state index is 0.121. The van der Waals surface area contributed by atoms with Gasteiger partial charge in [-0.25, -0.2) is 4.98 Å². The van der Waals surface area contributed by atoms with E-state index in [-0.39, 0.29) is 35.7 Å². The smallest absolute Gasteiger partial charge is 0.291 e. The Morgan fingerprint density at radius 1 is 1.33 bits per heavy atom. The SMILES string of the molecule is Cc1nc(SC(F)F)[nH]c(=O)c1CCC(=O)N(C)c1ccccc1. The summed E-state index contributed by atoms with van der Waals surface area (Å²) in [4.78, 5) is 32.1. The predicted octanol–water partition coefficient (Wildman–Crippen LogP) is 2.99. The van der Waals surface area contributed by atoms with Crippen molar-refractivity contribution in [2.45, 2.75) is 30.7 Å². The van der Waals surface area contributed by atoms with Crippen LogP contribution in [-0.2, 0) is 11.2 Å². The van der Waals surface area contributed by atoms with Gasteiger partial charge >= 0.3 is 0 Å². The number of H-pyrrole nitrogens is 1. The third kappa shape index (κ3) is 4.64. The quantitative estimate of drug-likeness (QED) is 0.640. The number of anilines is 1. The molecule has 24 heavy (non-hydrogen) atoms. The van der Waals surface area contributed by atoms with Gasteiger partial charge in [0.05, 0.1) is 0 Å². The Balaban J connectivity index is 2.06. The topological polar surface area (TPSA) is 66.1 Å². The lowest BCUT2D eigenvalue weighted by atomic mass is 10.1. The van der Waals surface area contributed by atoms with Gasteiger partial charge in [0.15, 0.2) is 5.16 Å². The molecule has 128 valence electrons. The predicted molar refractivity (Wildman–Crippen MR) is 89.6 cm³/mol. The number of halogens is 2. The van der Waals surface area contributed by atoms with Crippen molar-refractivity contribution in [3.05, 3.63) is 51.9 Å². The van der Waals surface area contributed by atoms with Gasteiger partial charge < -0.3 is 9.88 Å². The summed E-state index contributed by atoms with van der Waals surface area (Å²) in [6, 6.07) is 9.14. The number of carbonyl (C=O) groups is 1. The zero-order valence-corrected chi connectivity index (χ0v) is 14.1. The number of nitrogens with one attached hydrogen (secondary N) is 1. The molecule has 1 N–H and O–H groups in total. The summed E-state index contributed by atoms with van der Waals surface area (Å²) in [7, 11) is 1.66. The molecule has 0 atom stereocenters. The monoisotopic (exact) mass is 353 g/mol. The molecule has 1 heterocycles. The minimum atomic E-state index is -2.65. The van der Waals surface area contributed by atoms with Crippen LogP contribution in [0.3, 0.4) is 0 Å². The van der Waals surface area contributed by atoms with Gasteiger partial charge in [-0.3, -0.25) is 9.59 Å². The zero-order valence-electron chi connectivity index (χ0n) is 13.3. The van der Waals surface area contributed by atoms with Crippen LogP contribution in [0, 0.1) is 6.92 Å². The highest BCUT2D eigenvalue weighted by atomic mass is 32.2. The Morgan fingerprint density at radius 3 is 2.58 bits per heavy atom. The van der Waals surface area contributed by atoms with Crippen LogP contribution in [0.25, 0.3) is 0 Å². The Morgan fingerprint density at radius 2 is 2.00 bits per heavy atom. The number of para-hydroxylation sites is 1. The molecule has 0 aliphatic carbocycles. The average Bonchev–Trinajstić information content (AvgIpc) is 2.53. The highest BCUT2D eigenvalue weighted by Crippen LogP contribution is 2.21. The fourth-order valence-electron chi connectivity index (χ4n) is 2.21. The summed E-state index contributed by atoms with van der Waals surface area (Å²) in [6.45, 7) is 1.57. The van der Waals surface area contributed by atoms with E-state index in [4.69, 9.17) is 0 Å². The number of rotatable bonds is 6. The Labute approximate surface area is 142 Å². The first-order chi connectivity index (χ1) is 11.4. The fraction of sp³-hybridized carbons (Fsp3) is 0.312. The summed E-state index contributed by atoms with van der Waals surface area (Å²) in [5.41, 5.74) is 0.969.